The minimum Gasteiger partial charge on any atom is -0.497 e. The Kier molecular flexibility index (Phi) is 5.08. The van der Waals surface area contributed by atoms with E-state index in [-0.39, 0.29) is 30.4 Å². The second-order valence-electron chi connectivity index (χ2n) is 5.71. The highest BCUT2D eigenvalue weighted by atomic mass is 19.1. The van der Waals surface area contributed by atoms with Crippen LogP contribution >= 0.6 is 0 Å². The van der Waals surface area contributed by atoms with Crippen LogP contribution in [0.2, 0.25) is 0 Å². The minimum atomic E-state index is -0.358. The Hall–Kier alpha value is -2.44. The summed E-state index contributed by atoms with van der Waals surface area (Å²) in [6.07, 6.45) is 0.620. The number of carbonyl (C=O) groups is 1. The molecule has 0 radical (unpaired) electrons. The predicted molar refractivity (Wildman–Crippen MR) is 88.7 cm³/mol. The van der Waals surface area contributed by atoms with Crippen LogP contribution in [-0.2, 0) is 11.3 Å². The highest BCUT2D eigenvalue weighted by molar-refractivity contribution is 5.82. The van der Waals surface area contributed by atoms with Crippen LogP contribution in [0.5, 0.6) is 5.75 Å². The maximum atomic E-state index is 13.6. The number of hydrogen-bond donors (Lipinski definition) is 3. The fourth-order valence-corrected chi connectivity index (χ4v) is 2.73. The number of hydrazine groups is 1. The summed E-state index contributed by atoms with van der Waals surface area (Å²) in [4.78, 5) is 12.3. The lowest BCUT2D eigenvalue weighted by molar-refractivity contribution is -0.123. The van der Waals surface area contributed by atoms with Crippen LogP contribution in [0, 0.1) is 5.82 Å². The Morgan fingerprint density at radius 3 is 2.67 bits per heavy atom. The Morgan fingerprint density at radius 1 is 1.21 bits per heavy atom. The van der Waals surface area contributed by atoms with E-state index >= 15 is 0 Å². The number of benzene rings is 2. The van der Waals surface area contributed by atoms with Gasteiger partial charge in [-0.15, -0.1) is 0 Å². The van der Waals surface area contributed by atoms with Crippen LogP contribution in [-0.4, -0.2) is 19.1 Å². The maximum absolute atomic E-state index is 13.6. The van der Waals surface area contributed by atoms with Crippen LogP contribution < -0.4 is 20.9 Å². The Labute approximate surface area is 140 Å². The quantitative estimate of drug-likeness (QED) is 0.786. The first-order valence-electron chi connectivity index (χ1n) is 7.83. The molecule has 3 rings (SSSR count). The molecular weight excluding hydrogens is 309 g/mol. The first kappa shape index (κ1) is 16.4. The van der Waals surface area contributed by atoms with Gasteiger partial charge < -0.3 is 10.1 Å². The zero-order valence-electron chi connectivity index (χ0n) is 13.4. The molecule has 1 saturated heterocycles. The Morgan fingerprint density at radius 2 is 1.96 bits per heavy atom. The van der Waals surface area contributed by atoms with Gasteiger partial charge in [0.25, 0.3) is 0 Å². The van der Waals surface area contributed by atoms with Crippen LogP contribution in [0.4, 0.5) is 4.39 Å². The molecule has 5 nitrogen and oxygen atoms in total. The molecular formula is C18H20FN3O2. The predicted octanol–water partition coefficient (Wildman–Crippen LogP) is 2.06. The molecule has 2 atom stereocenters. The van der Waals surface area contributed by atoms with Gasteiger partial charge >= 0.3 is 0 Å². The normalized spacial score (nSPS) is 19.9. The molecule has 1 amide bonds. The number of rotatable bonds is 5. The van der Waals surface area contributed by atoms with E-state index in [0.29, 0.717) is 12.0 Å². The summed E-state index contributed by atoms with van der Waals surface area (Å²) >= 11 is 0. The van der Waals surface area contributed by atoms with Crippen molar-refractivity contribution in [3.05, 3.63) is 65.5 Å². The molecule has 126 valence electrons. The second kappa shape index (κ2) is 7.42. The molecule has 0 aromatic heterocycles. The largest absolute Gasteiger partial charge is 0.497 e. The van der Waals surface area contributed by atoms with Crippen molar-refractivity contribution in [3.63, 3.8) is 0 Å². The average Bonchev–Trinajstić information content (AvgIpc) is 3.11. The van der Waals surface area contributed by atoms with E-state index in [2.05, 4.69) is 16.2 Å². The number of nitrogens with one attached hydrogen (secondary N) is 3. The van der Waals surface area contributed by atoms with Gasteiger partial charge in [-0.2, -0.15) is 0 Å². The van der Waals surface area contributed by atoms with E-state index in [1.165, 1.54) is 6.07 Å². The Bertz CT molecular complexity index is 706. The standard InChI is InChI=1S/C18H20FN3O2/c1-24-14-8-6-12(7-9-14)16-10-17(22-21-16)18(23)20-11-13-4-2-3-5-15(13)19/h2-9,16-17,21-22H,10-11H2,1H3,(H,20,23). The molecule has 0 saturated carbocycles. The topological polar surface area (TPSA) is 62.4 Å². The molecule has 1 fully saturated rings. The highest BCUT2D eigenvalue weighted by Gasteiger charge is 2.30. The molecule has 1 aliphatic heterocycles. The highest BCUT2D eigenvalue weighted by Crippen LogP contribution is 2.24. The van der Waals surface area contributed by atoms with Crippen molar-refractivity contribution in [2.75, 3.05) is 7.11 Å². The number of carbonyl (C=O) groups excluding carboxylic acids is 1. The van der Waals surface area contributed by atoms with E-state index < -0.39 is 0 Å². The lowest BCUT2D eigenvalue weighted by atomic mass is 10.0. The summed E-state index contributed by atoms with van der Waals surface area (Å²) in [5.74, 6) is 0.331. The maximum Gasteiger partial charge on any atom is 0.238 e. The van der Waals surface area contributed by atoms with Gasteiger partial charge in [0.1, 0.15) is 17.6 Å². The number of amides is 1. The summed E-state index contributed by atoms with van der Waals surface area (Å²) in [6, 6.07) is 13.8. The lowest BCUT2D eigenvalue weighted by Crippen LogP contribution is -2.42. The van der Waals surface area contributed by atoms with Gasteiger partial charge in [-0.05, 0) is 30.2 Å². The summed E-state index contributed by atoms with van der Waals surface area (Å²) < 4.78 is 18.7. The first-order valence-corrected chi connectivity index (χ1v) is 7.83. The smallest absolute Gasteiger partial charge is 0.238 e. The first-order chi connectivity index (χ1) is 11.7. The van der Waals surface area contributed by atoms with E-state index in [1.807, 2.05) is 24.3 Å². The third-order valence-electron chi connectivity index (χ3n) is 4.15. The van der Waals surface area contributed by atoms with Crippen molar-refractivity contribution in [1.29, 1.82) is 0 Å². The summed E-state index contributed by atoms with van der Waals surface area (Å²) in [5.41, 5.74) is 7.67. The zero-order chi connectivity index (χ0) is 16.9. The third-order valence-corrected chi connectivity index (χ3v) is 4.15. The van der Waals surface area contributed by atoms with Gasteiger partial charge in [0.15, 0.2) is 0 Å². The van der Waals surface area contributed by atoms with Gasteiger partial charge in [-0.3, -0.25) is 4.79 Å². The van der Waals surface area contributed by atoms with Crippen molar-refractivity contribution in [1.82, 2.24) is 16.2 Å². The summed E-state index contributed by atoms with van der Waals surface area (Å²) in [5, 5.41) is 2.77. The van der Waals surface area contributed by atoms with Crippen molar-refractivity contribution in [3.8, 4) is 5.75 Å². The van der Waals surface area contributed by atoms with Gasteiger partial charge in [-0.25, -0.2) is 15.2 Å². The molecule has 1 heterocycles. The molecule has 6 heteroatoms. The molecule has 2 aromatic carbocycles. The van der Waals surface area contributed by atoms with Crippen LogP contribution in [0.3, 0.4) is 0 Å². The molecule has 3 N–H and O–H groups in total. The molecule has 1 aliphatic rings. The van der Waals surface area contributed by atoms with Crippen molar-refractivity contribution < 1.29 is 13.9 Å². The number of methoxy groups -OCH3 is 1. The molecule has 24 heavy (non-hydrogen) atoms. The van der Waals surface area contributed by atoms with Gasteiger partial charge in [0, 0.05) is 18.2 Å². The van der Waals surface area contributed by atoms with Crippen molar-refractivity contribution in [2.45, 2.75) is 25.0 Å². The SMILES string of the molecule is COc1ccc(C2CC(C(=O)NCc3ccccc3F)NN2)cc1. The van der Waals surface area contributed by atoms with Crippen LogP contribution in [0.1, 0.15) is 23.6 Å². The fourth-order valence-electron chi connectivity index (χ4n) is 2.73. The molecule has 2 aromatic rings. The minimum absolute atomic E-state index is 0.0418. The lowest BCUT2D eigenvalue weighted by Gasteiger charge is -2.11. The molecule has 0 spiro atoms. The number of halogens is 1. The average molecular weight is 329 g/mol. The summed E-state index contributed by atoms with van der Waals surface area (Å²) in [7, 11) is 1.63. The van der Waals surface area contributed by atoms with E-state index in [4.69, 9.17) is 4.74 Å². The molecule has 2 unspecified atom stereocenters. The zero-order valence-corrected chi connectivity index (χ0v) is 13.4. The van der Waals surface area contributed by atoms with Crippen molar-refractivity contribution in [2.24, 2.45) is 0 Å². The second-order valence-corrected chi connectivity index (χ2v) is 5.71. The Balaban J connectivity index is 1.54. The van der Waals surface area contributed by atoms with Gasteiger partial charge in [0.2, 0.25) is 5.91 Å². The van der Waals surface area contributed by atoms with Crippen molar-refractivity contribution >= 4 is 5.91 Å². The van der Waals surface area contributed by atoms with E-state index in [1.54, 1.807) is 25.3 Å². The van der Waals surface area contributed by atoms with E-state index in [9.17, 15) is 9.18 Å². The van der Waals surface area contributed by atoms with Crippen LogP contribution in [0.15, 0.2) is 48.5 Å². The van der Waals surface area contributed by atoms with Gasteiger partial charge in [-0.1, -0.05) is 30.3 Å². The van der Waals surface area contributed by atoms with E-state index in [0.717, 1.165) is 11.3 Å². The molecule has 0 aliphatic carbocycles. The third kappa shape index (κ3) is 3.72. The van der Waals surface area contributed by atoms with Crippen LogP contribution in [0.25, 0.3) is 0 Å². The number of ether oxygens (including phenoxy) is 1. The number of hydrogen-bond acceptors (Lipinski definition) is 4. The van der Waals surface area contributed by atoms with Gasteiger partial charge in [0.05, 0.1) is 7.11 Å². The molecule has 0 bridgehead atoms. The monoisotopic (exact) mass is 329 g/mol. The fraction of sp³-hybridized carbons (Fsp3) is 0.278. The summed E-state index contributed by atoms with van der Waals surface area (Å²) in [6.45, 7) is 0.177.